The quantitative estimate of drug-likeness (QED) is 0.477. The largest absolute Gasteiger partial charge is 0.463 e. The summed E-state index contributed by atoms with van der Waals surface area (Å²) in [6.07, 6.45) is 0.648. The number of alkyl halides is 1. The van der Waals surface area contributed by atoms with Gasteiger partial charge in [-0.15, -0.1) is 0 Å². The van der Waals surface area contributed by atoms with Crippen LogP contribution in [0.15, 0.2) is 30.3 Å². The van der Waals surface area contributed by atoms with Crippen molar-refractivity contribution in [3.8, 4) is 0 Å². The van der Waals surface area contributed by atoms with E-state index in [0.29, 0.717) is 10.8 Å². The molecule has 18 heavy (non-hydrogen) atoms. The molecular weight excluding hydrogens is 345 g/mol. The summed E-state index contributed by atoms with van der Waals surface area (Å²) in [7, 11) is 0. The molecule has 1 rings (SSSR count). The van der Waals surface area contributed by atoms with Crippen molar-refractivity contribution in [2.24, 2.45) is 0 Å². The molecule has 1 atom stereocenters. The highest BCUT2D eigenvalue weighted by molar-refractivity contribution is 14.1. The summed E-state index contributed by atoms with van der Waals surface area (Å²) in [6.45, 7) is 1.66. The Labute approximate surface area is 120 Å². The molecule has 0 aromatic heterocycles. The van der Waals surface area contributed by atoms with Crippen LogP contribution in [0.25, 0.3) is 0 Å². The number of benzene rings is 1. The van der Waals surface area contributed by atoms with E-state index >= 15 is 0 Å². The Morgan fingerprint density at radius 3 is 2.56 bits per heavy atom. The maximum atomic E-state index is 11.1. The Morgan fingerprint density at radius 2 is 2.00 bits per heavy atom. The molecule has 0 unspecified atom stereocenters. The van der Waals surface area contributed by atoms with Crippen LogP contribution in [0.3, 0.4) is 0 Å². The first kappa shape index (κ1) is 14.9. The molecule has 1 aromatic rings. The van der Waals surface area contributed by atoms with Gasteiger partial charge in [-0.3, -0.25) is 9.59 Å². The van der Waals surface area contributed by atoms with Crippen molar-refractivity contribution in [2.45, 2.75) is 19.4 Å². The summed E-state index contributed by atoms with van der Waals surface area (Å²) >= 11 is 1.95. The van der Waals surface area contributed by atoms with Gasteiger partial charge in [0, 0.05) is 6.92 Å². The van der Waals surface area contributed by atoms with Gasteiger partial charge in [0.1, 0.15) is 6.61 Å². The predicted molar refractivity (Wildman–Crippen MR) is 77.6 cm³/mol. The number of rotatable bonds is 6. The van der Waals surface area contributed by atoms with Crippen molar-refractivity contribution in [2.75, 3.05) is 11.0 Å². The molecule has 5 heteroatoms. The molecule has 0 heterocycles. The van der Waals surface area contributed by atoms with E-state index in [4.69, 9.17) is 4.74 Å². The molecule has 0 aliphatic carbocycles. The van der Waals surface area contributed by atoms with Gasteiger partial charge < -0.3 is 10.1 Å². The van der Waals surface area contributed by atoms with E-state index in [2.05, 4.69) is 5.32 Å². The summed E-state index contributed by atoms with van der Waals surface area (Å²) in [5.74, 6) is -0.388. The molecule has 0 bridgehead atoms. The third-order valence-electron chi connectivity index (χ3n) is 2.29. The number of carbonyl (C=O) groups excluding carboxylic acids is 2. The first-order valence-corrected chi connectivity index (χ1v) is 7.17. The second-order valence-electron chi connectivity index (χ2n) is 3.90. The summed E-state index contributed by atoms with van der Waals surface area (Å²) < 4.78 is 5.38. The molecule has 1 amide bonds. The highest BCUT2D eigenvalue weighted by Gasteiger charge is 2.13. The average Bonchev–Trinajstić information content (AvgIpc) is 2.36. The highest BCUT2D eigenvalue weighted by atomic mass is 127. The number of nitrogens with one attached hydrogen (secondary N) is 1. The van der Waals surface area contributed by atoms with Gasteiger partial charge >= 0.3 is 5.97 Å². The zero-order chi connectivity index (χ0) is 13.4. The summed E-state index contributed by atoms with van der Waals surface area (Å²) in [4.78, 5) is 22.2. The van der Waals surface area contributed by atoms with Crippen LogP contribution < -0.4 is 5.32 Å². The minimum atomic E-state index is -0.265. The lowest BCUT2D eigenvalue weighted by Gasteiger charge is -2.17. The van der Waals surface area contributed by atoms with E-state index in [1.807, 2.05) is 52.9 Å². The van der Waals surface area contributed by atoms with Crippen LogP contribution in [0.4, 0.5) is 0 Å². The topological polar surface area (TPSA) is 55.4 Å². The van der Waals surface area contributed by atoms with Gasteiger partial charge in [0.15, 0.2) is 0 Å². The van der Waals surface area contributed by atoms with E-state index < -0.39 is 0 Å². The van der Waals surface area contributed by atoms with Gasteiger partial charge in [0.25, 0.3) is 0 Å². The lowest BCUT2D eigenvalue weighted by Crippen LogP contribution is -2.39. The van der Waals surface area contributed by atoms with E-state index in [-0.39, 0.29) is 24.5 Å². The van der Waals surface area contributed by atoms with Crippen molar-refractivity contribution in [1.29, 1.82) is 0 Å². The zero-order valence-corrected chi connectivity index (χ0v) is 12.3. The molecule has 0 spiro atoms. The maximum absolute atomic E-state index is 11.1. The lowest BCUT2D eigenvalue weighted by molar-refractivity contribution is -0.141. The monoisotopic (exact) mass is 361 g/mol. The van der Waals surface area contributed by atoms with Gasteiger partial charge in [0.2, 0.25) is 5.91 Å². The number of ether oxygens (including phenoxy) is 1. The van der Waals surface area contributed by atoms with Gasteiger partial charge in [-0.25, -0.2) is 0 Å². The second-order valence-corrected chi connectivity index (χ2v) is 4.67. The van der Waals surface area contributed by atoms with E-state index in [9.17, 15) is 9.59 Å². The Bertz CT molecular complexity index is 394. The average molecular weight is 361 g/mol. The smallest absolute Gasteiger partial charge is 0.315 e. The number of esters is 1. The van der Waals surface area contributed by atoms with Gasteiger partial charge in [-0.1, -0.05) is 52.9 Å². The molecule has 1 aromatic carbocycles. The number of amides is 1. The van der Waals surface area contributed by atoms with Crippen molar-refractivity contribution in [1.82, 2.24) is 5.32 Å². The zero-order valence-electron chi connectivity index (χ0n) is 10.2. The van der Waals surface area contributed by atoms with Gasteiger partial charge in [-0.05, 0) is 12.0 Å². The Balaban J connectivity index is 2.55. The standard InChI is InChI=1S/C13H16INO3/c1-10(16)15-12(9-18-13(17)8-14)7-11-5-3-2-4-6-11/h2-6,12H,7-9H2,1H3,(H,15,16)/t12-/m0/s1. The number of carbonyl (C=O) groups is 2. The fraction of sp³-hybridized carbons (Fsp3) is 0.385. The van der Waals surface area contributed by atoms with Crippen LogP contribution in [0.1, 0.15) is 12.5 Å². The maximum Gasteiger partial charge on any atom is 0.315 e. The molecule has 4 nitrogen and oxygen atoms in total. The SMILES string of the molecule is CC(=O)N[C@H](COC(=O)CI)Cc1ccccc1. The molecule has 0 aliphatic heterocycles. The van der Waals surface area contributed by atoms with Crippen LogP contribution in [-0.4, -0.2) is 29.0 Å². The fourth-order valence-corrected chi connectivity index (χ4v) is 1.79. The van der Waals surface area contributed by atoms with Crippen molar-refractivity contribution >= 4 is 34.5 Å². The highest BCUT2D eigenvalue weighted by Crippen LogP contribution is 2.04. The predicted octanol–water partition coefficient (Wildman–Crippen LogP) is 1.71. The Hall–Kier alpha value is -1.11. The summed E-state index contributed by atoms with van der Waals surface area (Å²) in [5.41, 5.74) is 1.10. The third-order valence-corrected chi connectivity index (χ3v) is 2.91. The first-order chi connectivity index (χ1) is 8.61. The Morgan fingerprint density at radius 1 is 1.33 bits per heavy atom. The second kappa shape index (κ2) is 8.07. The normalized spacial score (nSPS) is 11.7. The van der Waals surface area contributed by atoms with Crippen molar-refractivity contribution < 1.29 is 14.3 Å². The molecule has 0 fully saturated rings. The van der Waals surface area contributed by atoms with Crippen molar-refractivity contribution in [3.05, 3.63) is 35.9 Å². The molecule has 0 saturated carbocycles. The van der Waals surface area contributed by atoms with Crippen LogP contribution in [0.2, 0.25) is 0 Å². The molecule has 98 valence electrons. The number of hydrogen-bond acceptors (Lipinski definition) is 3. The van der Waals surface area contributed by atoms with E-state index in [0.717, 1.165) is 5.56 Å². The molecule has 1 N–H and O–H groups in total. The first-order valence-electron chi connectivity index (χ1n) is 5.64. The minimum absolute atomic E-state index is 0.124. The molecular formula is C13H16INO3. The van der Waals surface area contributed by atoms with Crippen LogP contribution >= 0.6 is 22.6 Å². The minimum Gasteiger partial charge on any atom is -0.463 e. The van der Waals surface area contributed by atoms with Gasteiger partial charge in [0.05, 0.1) is 10.5 Å². The number of hydrogen-bond donors (Lipinski definition) is 1. The fourth-order valence-electron chi connectivity index (χ4n) is 1.57. The lowest BCUT2D eigenvalue weighted by atomic mass is 10.1. The van der Waals surface area contributed by atoms with Gasteiger partial charge in [-0.2, -0.15) is 0 Å². The molecule has 0 saturated heterocycles. The van der Waals surface area contributed by atoms with Crippen molar-refractivity contribution in [3.63, 3.8) is 0 Å². The Kier molecular flexibility index (Phi) is 6.70. The third kappa shape index (κ3) is 6.00. The van der Waals surface area contributed by atoms with Crippen LogP contribution in [-0.2, 0) is 20.7 Å². The van der Waals surface area contributed by atoms with Crippen LogP contribution in [0.5, 0.6) is 0 Å². The molecule has 0 aliphatic rings. The van der Waals surface area contributed by atoms with Crippen LogP contribution in [0, 0.1) is 0 Å². The summed E-state index contributed by atoms with van der Waals surface area (Å²) in [6, 6.07) is 9.60. The van der Waals surface area contributed by atoms with E-state index in [1.54, 1.807) is 0 Å². The molecule has 0 radical (unpaired) electrons. The summed E-state index contributed by atoms with van der Waals surface area (Å²) in [5, 5.41) is 2.79. The number of halogens is 1. The van der Waals surface area contributed by atoms with E-state index in [1.165, 1.54) is 6.92 Å².